The fraction of sp³-hybridized carbons (Fsp3) is 0.629. The molecule has 0 bridgehead atoms. The van der Waals surface area contributed by atoms with E-state index in [1.54, 1.807) is 0 Å². The van der Waals surface area contributed by atoms with Crippen LogP contribution in [-0.4, -0.2) is 70.0 Å². The molecular formula is C70H116NO8P. The molecule has 9 nitrogen and oxygen atoms in total. The van der Waals surface area contributed by atoms with Gasteiger partial charge >= 0.3 is 11.9 Å². The van der Waals surface area contributed by atoms with Crippen LogP contribution in [0.3, 0.4) is 0 Å². The molecule has 0 amide bonds. The smallest absolute Gasteiger partial charge is 0.306 e. The Bertz CT molecular complexity index is 1860. The van der Waals surface area contributed by atoms with Crippen molar-refractivity contribution in [1.29, 1.82) is 0 Å². The van der Waals surface area contributed by atoms with Gasteiger partial charge in [0.05, 0.1) is 27.7 Å². The summed E-state index contributed by atoms with van der Waals surface area (Å²) in [4.78, 5) is 38.0. The summed E-state index contributed by atoms with van der Waals surface area (Å²) in [6.45, 7) is 3.98. The maximum absolute atomic E-state index is 12.8. The first-order valence-corrected chi connectivity index (χ1v) is 33.0. The van der Waals surface area contributed by atoms with Crippen molar-refractivity contribution in [3.8, 4) is 0 Å². The highest BCUT2D eigenvalue weighted by molar-refractivity contribution is 7.45. The Labute approximate surface area is 491 Å². The predicted octanol–water partition coefficient (Wildman–Crippen LogP) is 19.6. The van der Waals surface area contributed by atoms with Crippen molar-refractivity contribution in [3.63, 3.8) is 0 Å². The highest BCUT2D eigenvalue weighted by atomic mass is 31.2. The number of ether oxygens (including phenoxy) is 2. The molecule has 0 saturated heterocycles. The largest absolute Gasteiger partial charge is 0.756 e. The number of carbonyl (C=O) groups excluding carboxylic acids is 2. The van der Waals surface area contributed by atoms with Crippen molar-refractivity contribution in [1.82, 2.24) is 0 Å². The summed E-state index contributed by atoms with van der Waals surface area (Å²) in [5, 5.41) is 0. The van der Waals surface area contributed by atoms with Crippen molar-refractivity contribution in [2.24, 2.45) is 0 Å². The highest BCUT2D eigenvalue weighted by Gasteiger charge is 2.22. The van der Waals surface area contributed by atoms with E-state index < -0.39 is 32.5 Å². The van der Waals surface area contributed by atoms with Crippen LogP contribution >= 0.6 is 7.82 Å². The number of phosphoric ester groups is 1. The first kappa shape index (κ1) is 75.9. The van der Waals surface area contributed by atoms with E-state index in [2.05, 4.69) is 160 Å². The molecular weight excluding hydrogens is 1010 g/mol. The molecule has 0 aliphatic heterocycles. The van der Waals surface area contributed by atoms with Gasteiger partial charge in [-0.05, 0) is 116 Å². The maximum atomic E-state index is 12.8. The number of esters is 2. The molecule has 0 aliphatic rings. The van der Waals surface area contributed by atoms with E-state index in [1.807, 2.05) is 21.1 Å². The molecule has 0 saturated carbocycles. The van der Waals surface area contributed by atoms with Crippen molar-refractivity contribution in [3.05, 3.63) is 146 Å². The lowest BCUT2D eigenvalue weighted by molar-refractivity contribution is -0.870. The number of quaternary nitrogens is 1. The van der Waals surface area contributed by atoms with Crippen molar-refractivity contribution >= 4 is 19.8 Å². The molecule has 0 aromatic rings. The fourth-order valence-electron chi connectivity index (χ4n) is 8.07. The van der Waals surface area contributed by atoms with Gasteiger partial charge < -0.3 is 27.9 Å². The molecule has 0 spiro atoms. The lowest BCUT2D eigenvalue weighted by Crippen LogP contribution is -2.37. The Morgan fingerprint density at radius 1 is 0.388 bits per heavy atom. The van der Waals surface area contributed by atoms with Gasteiger partial charge in [0.25, 0.3) is 7.82 Å². The van der Waals surface area contributed by atoms with Crippen molar-refractivity contribution in [2.75, 3.05) is 47.5 Å². The SMILES string of the molecule is CC/C=C\C/C=C\C/C=C\C/C=C\C/C=C\C/C=C\C/C=C\CCCCCCCC(=O)OC(COC(=O)CCCCCCCCCCCCCCC/C=C\C/C=C\C/C=C\C/C=C\C/C=C\CC)COP(=O)([O-])OCC[N+](C)(C)C. The third-order valence-electron chi connectivity index (χ3n) is 12.9. The molecule has 0 N–H and O–H groups in total. The average Bonchev–Trinajstić information content (AvgIpc) is 3.42. The number of carbonyl (C=O) groups is 2. The lowest BCUT2D eigenvalue weighted by atomic mass is 10.0. The van der Waals surface area contributed by atoms with Crippen LogP contribution in [0.2, 0.25) is 0 Å². The molecule has 0 radical (unpaired) electrons. The average molecular weight is 1130 g/mol. The molecule has 0 fully saturated rings. The Morgan fingerprint density at radius 2 is 0.675 bits per heavy atom. The number of rotatable bonds is 56. The van der Waals surface area contributed by atoms with E-state index in [9.17, 15) is 19.0 Å². The normalized spacial score (nSPS) is 14.2. The van der Waals surface area contributed by atoms with Gasteiger partial charge in [-0.2, -0.15) is 0 Å². The molecule has 2 atom stereocenters. The van der Waals surface area contributed by atoms with Gasteiger partial charge in [-0.1, -0.05) is 250 Å². The summed E-state index contributed by atoms with van der Waals surface area (Å²) < 4.78 is 34.2. The second-order valence-electron chi connectivity index (χ2n) is 21.7. The van der Waals surface area contributed by atoms with Crippen LogP contribution in [0.1, 0.15) is 232 Å². The van der Waals surface area contributed by atoms with Gasteiger partial charge in [0, 0.05) is 12.8 Å². The second-order valence-corrected chi connectivity index (χ2v) is 23.1. The van der Waals surface area contributed by atoms with Crippen LogP contribution in [0.15, 0.2) is 146 Å². The first-order valence-electron chi connectivity index (χ1n) is 31.5. The van der Waals surface area contributed by atoms with E-state index >= 15 is 0 Å². The minimum atomic E-state index is -4.66. The number of likely N-dealkylation sites (N-methyl/N-ethyl adjacent to an activating group) is 1. The number of nitrogens with zero attached hydrogens (tertiary/aromatic N) is 1. The Morgan fingerprint density at radius 3 is 1.00 bits per heavy atom. The Balaban J connectivity index is 4.20. The third kappa shape index (κ3) is 63.1. The van der Waals surface area contributed by atoms with Crippen LogP contribution in [0.4, 0.5) is 0 Å². The summed E-state index contributed by atoms with van der Waals surface area (Å²) in [5.74, 6) is -0.865. The Kier molecular flexibility index (Phi) is 56.5. The molecule has 454 valence electrons. The molecule has 0 aliphatic carbocycles. The van der Waals surface area contributed by atoms with Crippen LogP contribution in [0.25, 0.3) is 0 Å². The molecule has 0 aromatic heterocycles. The number of hydrogen-bond donors (Lipinski definition) is 0. The molecule has 0 aromatic carbocycles. The number of phosphoric acid groups is 1. The molecule has 0 heterocycles. The van der Waals surface area contributed by atoms with Crippen LogP contribution in [-0.2, 0) is 32.7 Å². The van der Waals surface area contributed by atoms with Gasteiger partial charge in [-0.15, -0.1) is 0 Å². The zero-order chi connectivity index (χ0) is 58.4. The monoisotopic (exact) mass is 1130 g/mol. The zero-order valence-corrected chi connectivity index (χ0v) is 52.4. The molecule has 10 heteroatoms. The van der Waals surface area contributed by atoms with Gasteiger partial charge in [0.2, 0.25) is 0 Å². The van der Waals surface area contributed by atoms with Crippen molar-refractivity contribution in [2.45, 2.75) is 238 Å². The molecule has 2 unspecified atom stereocenters. The van der Waals surface area contributed by atoms with Crippen LogP contribution < -0.4 is 4.89 Å². The van der Waals surface area contributed by atoms with E-state index in [4.69, 9.17) is 18.5 Å². The van der Waals surface area contributed by atoms with Gasteiger partial charge in [-0.25, -0.2) is 0 Å². The Hall–Kier alpha value is -4.11. The number of hydrogen-bond acceptors (Lipinski definition) is 8. The summed E-state index contributed by atoms with van der Waals surface area (Å²) in [6.07, 6.45) is 87.5. The molecule has 0 rings (SSSR count). The highest BCUT2D eigenvalue weighted by Crippen LogP contribution is 2.38. The number of unbranched alkanes of at least 4 members (excludes halogenated alkanes) is 18. The summed E-state index contributed by atoms with van der Waals surface area (Å²) in [7, 11) is 1.13. The van der Waals surface area contributed by atoms with Crippen molar-refractivity contribution < 1.29 is 42.1 Å². The van der Waals surface area contributed by atoms with E-state index in [1.165, 1.54) is 64.2 Å². The maximum Gasteiger partial charge on any atom is 0.306 e. The predicted molar refractivity (Wildman–Crippen MR) is 341 cm³/mol. The standard InChI is InChI=1S/C70H116NO8P/c1-6-8-10-12-14-16-18-20-22-24-26-28-30-32-34-35-37-38-40-42-44-46-48-50-52-54-56-58-60-62-69(72)76-66-68(67-78-80(74,75)77-65-64-71(3,4)5)79-70(73)63-61-59-57-55-53-51-49-47-45-43-41-39-36-33-31-29-27-25-23-21-19-17-15-13-11-9-7-2/h8-11,14-17,20-23,26-29,32-34,36,41,43,47,49,68H,6-7,12-13,18-19,24-25,30-31,35,37-40,42,44-46,48,50-67H2,1-5H3/b10-8-,11-9-,16-14-,17-15-,22-20-,23-21-,28-26-,29-27-,34-32-,36-33-,43-41-,49-47-. The summed E-state index contributed by atoms with van der Waals surface area (Å²) in [6, 6.07) is 0. The second kappa shape index (κ2) is 59.5. The number of allylic oxidation sites excluding steroid dienone is 24. The lowest BCUT2D eigenvalue weighted by Gasteiger charge is -2.28. The third-order valence-corrected chi connectivity index (χ3v) is 13.8. The van der Waals surface area contributed by atoms with Gasteiger partial charge in [0.1, 0.15) is 19.8 Å². The van der Waals surface area contributed by atoms with E-state index in [0.29, 0.717) is 17.4 Å². The van der Waals surface area contributed by atoms with Gasteiger partial charge in [0.15, 0.2) is 6.10 Å². The molecule has 80 heavy (non-hydrogen) atoms. The van der Waals surface area contributed by atoms with Gasteiger partial charge in [-0.3, -0.25) is 14.2 Å². The van der Waals surface area contributed by atoms with E-state index in [-0.39, 0.29) is 26.1 Å². The fourth-order valence-corrected chi connectivity index (χ4v) is 8.80. The van der Waals surface area contributed by atoms with Crippen LogP contribution in [0.5, 0.6) is 0 Å². The van der Waals surface area contributed by atoms with Crippen LogP contribution in [0, 0.1) is 0 Å². The minimum absolute atomic E-state index is 0.0430. The summed E-state index contributed by atoms with van der Waals surface area (Å²) >= 11 is 0. The minimum Gasteiger partial charge on any atom is -0.756 e. The summed E-state index contributed by atoms with van der Waals surface area (Å²) in [5.41, 5.74) is 0. The van der Waals surface area contributed by atoms with E-state index in [0.717, 1.165) is 135 Å². The first-order chi connectivity index (χ1) is 39.0. The zero-order valence-electron chi connectivity index (χ0n) is 51.5. The topological polar surface area (TPSA) is 111 Å². The quantitative estimate of drug-likeness (QED) is 0.0195.